The van der Waals surface area contributed by atoms with Crippen molar-refractivity contribution >= 4 is 5.91 Å². The maximum atomic E-state index is 11.4. The maximum Gasteiger partial charge on any atom is 0.223 e. The molecule has 0 aromatic heterocycles. The van der Waals surface area contributed by atoms with Gasteiger partial charge in [0, 0.05) is 31.1 Å². The average Bonchev–Trinajstić information content (AvgIpc) is 2.17. The molecule has 0 aromatic rings. The molecular weight excluding hydrogens is 176 g/mol. The second-order valence-corrected chi connectivity index (χ2v) is 3.97. The number of allylic oxidation sites excluding steroid dienone is 2. The lowest BCUT2D eigenvalue weighted by Gasteiger charge is -2.38. The Kier molecular flexibility index (Phi) is 2.42. The molecule has 3 nitrogen and oxygen atoms in total. The molecule has 1 aliphatic carbocycles. The van der Waals surface area contributed by atoms with Crippen molar-refractivity contribution in [1.82, 2.24) is 4.90 Å². The van der Waals surface area contributed by atoms with Crippen LogP contribution < -0.4 is 5.73 Å². The Labute approximate surface area is 84.3 Å². The van der Waals surface area contributed by atoms with Crippen molar-refractivity contribution in [1.29, 1.82) is 0 Å². The summed E-state index contributed by atoms with van der Waals surface area (Å²) in [6.07, 6.45) is 8.15. The Hall–Kier alpha value is -1.09. The summed E-state index contributed by atoms with van der Waals surface area (Å²) >= 11 is 0. The molecule has 1 heterocycles. The summed E-state index contributed by atoms with van der Waals surface area (Å²) in [5.74, 6) is 0.473. The van der Waals surface area contributed by atoms with Gasteiger partial charge in [0.15, 0.2) is 0 Å². The minimum Gasteiger partial charge on any atom is -0.324 e. The predicted octanol–water partition coefficient (Wildman–Crippen LogP) is 1.03. The van der Waals surface area contributed by atoms with Crippen molar-refractivity contribution in [3.63, 3.8) is 0 Å². The van der Waals surface area contributed by atoms with Crippen molar-refractivity contribution in [2.75, 3.05) is 6.54 Å². The molecule has 1 fully saturated rings. The molecular formula is C11H16N2O. The molecule has 14 heavy (non-hydrogen) atoms. The normalized spacial score (nSPS) is 31.0. The second kappa shape index (κ2) is 3.58. The number of likely N-dealkylation sites (tertiary alicyclic amines) is 1. The third-order valence-corrected chi connectivity index (χ3v) is 3.03. The number of nitrogens with zero attached hydrogens (tertiary/aromatic N) is 1. The minimum atomic E-state index is 0.0807. The number of fused-ring (bicyclic) bond motifs is 1. The van der Waals surface area contributed by atoms with Crippen LogP contribution in [0.3, 0.4) is 0 Å². The lowest BCUT2D eigenvalue weighted by molar-refractivity contribution is -0.128. The lowest BCUT2D eigenvalue weighted by Crippen LogP contribution is -2.43. The van der Waals surface area contributed by atoms with Crippen LogP contribution in [-0.2, 0) is 4.79 Å². The number of nitrogens with two attached hydrogens (primary N) is 1. The summed E-state index contributed by atoms with van der Waals surface area (Å²) in [6.45, 7) is 2.46. The topological polar surface area (TPSA) is 46.3 Å². The van der Waals surface area contributed by atoms with Crippen molar-refractivity contribution in [2.24, 2.45) is 11.7 Å². The van der Waals surface area contributed by atoms with Gasteiger partial charge in [-0.25, -0.2) is 0 Å². The van der Waals surface area contributed by atoms with Crippen LogP contribution in [0.2, 0.25) is 0 Å². The van der Waals surface area contributed by atoms with Gasteiger partial charge >= 0.3 is 0 Å². The first kappa shape index (κ1) is 9.46. The van der Waals surface area contributed by atoms with E-state index >= 15 is 0 Å². The van der Waals surface area contributed by atoms with Crippen LogP contribution in [-0.4, -0.2) is 23.4 Å². The second-order valence-electron chi connectivity index (χ2n) is 3.97. The van der Waals surface area contributed by atoms with E-state index in [-0.39, 0.29) is 11.9 Å². The molecule has 0 radical (unpaired) electrons. The van der Waals surface area contributed by atoms with E-state index in [0.717, 1.165) is 25.1 Å². The van der Waals surface area contributed by atoms with E-state index < -0.39 is 0 Å². The molecule has 2 N–H and O–H groups in total. The molecule has 1 aliphatic heterocycles. The van der Waals surface area contributed by atoms with E-state index in [4.69, 9.17) is 5.73 Å². The first-order valence-corrected chi connectivity index (χ1v) is 5.12. The molecule has 2 aliphatic rings. The lowest BCUT2D eigenvalue weighted by atomic mass is 9.84. The molecule has 76 valence electrons. The van der Waals surface area contributed by atoms with Gasteiger partial charge in [0.25, 0.3) is 0 Å². The zero-order valence-electron chi connectivity index (χ0n) is 8.44. The highest BCUT2D eigenvalue weighted by Crippen LogP contribution is 2.31. The Morgan fingerprint density at radius 2 is 2.43 bits per heavy atom. The van der Waals surface area contributed by atoms with Crippen LogP contribution >= 0.6 is 0 Å². The number of rotatable bonds is 0. The number of hydrogen-bond acceptors (Lipinski definition) is 2. The number of carbonyl (C=O) groups is 1. The summed E-state index contributed by atoms with van der Waals surface area (Å²) in [4.78, 5) is 13.2. The van der Waals surface area contributed by atoms with Gasteiger partial charge < -0.3 is 10.6 Å². The fourth-order valence-corrected chi connectivity index (χ4v) is 2.31. The highest BCUT2D eigenvalue weighted by atomic mass is 16.2. The smallest absolute Gasteiger partial charge is 0.223 e. The third-order valence-electron chi connectivity index (χ3n) is 3.03. The number of amides is 1. The zero-order chi connectivity index (χ0) is 10.1. The van der Waals surface area contributed by atoms with Crippen LogP contribution in [0.1, 0.15) is 19.8 Å². The summed E-state index contributed by atoms with van der Waals surface area (Å²) in [5.41, 5.74) is 7.10. The molecule has 1 amide bonds. The van der Waals surface area contributed by atoms with Crippen molar-refractivity contribution in [3.8, 4) is 0 Å². The van der Waals surface area contributed by atoms with Crippen molar-refractivity contribution in [3.05, 3.63) is 23.9 Å². The zero-order valence-corrected chi connectivity index (χ0v) is 8.44. The summed E-state index contributed by atoms with van der Waals surface area (Å²) in [5, 5.41) is 0. The Bertz CT molecular complexity index is 306. The van der Waals surface area contributed by atoms with Gasteiger partial charge in [-0.3, -0.25) is 4.79 Å². The number of hydrogen-bond donors (Lipinski definition) is 1. The summed E-state index contributed by atoms with van der Waals surface area (Å²) < 4.78 is 0. The van der Waals surface area contributed by atoms with Gasteiger partial charge in [0.1, 0.15) is 0 Å². The van der Waals surface area contributed by atoms with E-state index in [2.05, 4.69) is 0 Å². The molecule has 0 aromatic carbocycles. The molecule has 3 heteroatoms. The average molecular weight is 192 g/mol. The van der Waals surface area contributed by atoms with E-state index in [9.17, 15) is 4.79 Å². The van der Waals surface area contributed by atoms with Gasteiger partial charge in [-0.15, -0.1) is 0 Å². The molecule has 1 saturated heterocycles. The predicted molar refractivity (Wildman–Crippen MR) is 55.3 cm³/mol. The Morgan fingerprint density at radius 3 is 3.14 bits per heavy atom. The standard InChI is InChI=1S/C11H16N2O/c1-8(14)13-7-3-4-9-10(12)5-2-6-11(9)13/h2,5-6,9-10H,3-4,7,12H2,1H3. The number of piperidine rings is 1. The van der Waals surface area contributed by atoms with E-state index in [0.29, 0.717) is 5.92 Å². The van der Waals surface area contributed by atoms with Gasteiger partial charge in [-0.2, -0.15) is 0 Å². The SMILES string of the molecule is CC(=O)N1CCCC2C1=CC=CC2N. The van der Waals surface area contributed by atoms with Gasteiger partial charge in [-0.1, -0.05) is 12.2 Å². The Morgan fingerprint density at radius 1 is 1.64 bits per heavy atom. The first-order valence-electron chi connectivity index (χ1n) is 5.12. The van der Waals surface area contributed by atoms with Crippen LogP contribution in [0.5, 0.6) is 0 Å². The van der Waals surface area contributed by atoms with E-state index in [1.807, 2.05) is 23.1 Å². The van der Waals surface area contributed by atoms with Crippen LogP contribution in [0.4, 0.5) is 0 Å². The largest absolute Gasteiger partial charge is 0.324 e. The molecule has 2 rings (SSSR count). The summed E-state index contributed by atoms with van der Waals surface area (Å²) in [6, 6.07) is 0.0807. The van der Waals surface area contributed by atoms with E-state index in [1.54, 1.807) is 6.92 Å². The fraction of sp³-hybridized carbons (Fsp3) is 0.545. The quantitative estimate of drug-likeness (QED) is 0.623. The molecule has 0 saturated carbocycles. The highest BCUT2D eigenvalue weighted by Gasteiger charge is 2.31. The monoisotopic (exact) mass is 192 g/mol. The van der Waals surface area contributed by atoms with Crippen molar-refractivity contribution < 1.29 is 4.79 Å². The maximum absolute atomic E-state index is 11.4. The molecule has 2 unspecified atom stereocenters. The van der Waals surface area contributed by atoms with Crippen LogP contribution in [0.15, 0.2) is 23.9 Å². The minimum absolute atomic E-state index is 0.0807. The van der Waals surface area contributed by atoms with Gasteiger partial charge in [0.2, 0.25) is 5.91 Å². The fourth-order valence-electron chi connectivity index (χ4n) is 2.31. The summed E-state index contributed by atoms with van der Waals surface area (Å²) in [7, 11) is 0. The van der Waals surface area contributed by atoms with Crippen molar-refractivity contribution in [2.45, 2.75) is 25.8 Å². The van der Waals surface area contributed by atoms with Crippen LogP contribution in [0, 0.1) is 5.92 Å². The Balaban J connectivity index is 2.27. The molecule has 0 spiro atoms. The highest BCUT2D eigenvalue weighted by molar-refractivity contribution is 5.75. The number of carbonyl (C=O) groups excluding carboxylic acids is 1. The third kappa shape index (κ3) is 1.48. The molecule has 2 atom stereocenters. The first-order chi connectivity index (χ1) is 6.70. The van der Waals surface area contributed by atoms with Gasteiger partial charge in [0.05, 0.1) is 0 Å². The van der Waals surface area contributed by atoms with Crippen LogP contribution in [0.25, 0.3) is 0 Å². The molecule has 0 bridgehead atoms. The van der Waals surface area contributed by atoms with Gasteiger partial charge in [-0.05, 0) is 18.9 Å². The van der Waals surface area contributed by atoms with E-state index in [1.165, 1.54) is 0 Å².